The smallest absolute Gasteiger partial charge is 0.252 e. The highest BCUT2D eigenvalue weighted by molar-refractivity contribution is 9.10. The summed E-state index contributed by atoms with van der Waals surface area (Å²) in [6.45, 7) is 0.968. The van der Waals surface area contributed by atoms with Gasteiger partial charge in [0.1, 0.15) is 6.10 Å². The largest absolute Gasteiger partial charge is 0.349 e. The van der Waals surface area contributed by atoms with Crippen LogP contribution in [0.3, 0.4) is 0 Å². The highest BCUT2D eigenvalue weighted by Crippen LogP contribution is 2.37. The van der Waals surface area contributed by atoms with E-state index in [9.17, 15) is 4.79 Å². The fourth-order valence-corrected chi connectivity index (χ4v) is 3.61. The van der Waals surface area contributed by atoms with E-state index in [2.05, 4.69) is 21.2 Å². The Morgan fingerprint density at radius 2 is 2.14 bits per heavy atom. The van der Waals surface area contributed by atoms with Gasteiger partial charge in [-0.2, -0.15) is 0 Å². The predicted octanol–water partition coefficient (Wildman–Crippen LogP) is 3.91. The summed E-state index contributed by atoms with van der Waals surface area (Å²) in [5, 5.41) is 3.32. The van der Waals surface area contributed by atoms with E-state index in [0.717, 1.165) is 30.2 Å². The van der Waals surface area contributed by atoms with Gasteiger partial charge in [0.25, 0.3) is 5.91 Å². The third-order valence-corrected chi connectivity index (χ3v) is 5.02. The van der Waals surface area contributed by atoms with E-state index in [4.69, 9.17) is 21.1 Å². The third-order valence-electron chi connectivity index (χ3n) is 4.19. The highest BCUT2D eigenvalue weighted by Gasteiger charge is 2.42. The Morgan fingerprint density at radius 1 is 1.36 bits per heavy atom. The fraction of sp³-hybridized carbons (Fsp3) is 0.562. The lowest BCUT2D eigenvalue weighted by molar-refractivity contribution is -0.186. The molecule has 1 aliphatic heterocycles. The molecular weight excluding hydrogens is 370 g/mol. The molecule has 1 spiro atoms. The zero-order chi connectivity index (χ0) is 15.6. The van der Waals surface area contributed by atoms with Crippen LogP contribution in [0.1, 0.15) is 42.5 Å². The second kappa shape index (κ2) is 6.87. The molecule has 1 saturated carbocycles. The molecule has 0 bridgehead atoms. The Hall–Kier alpha value is -0.620. The molecule has 3 rings (SSSR count). The van der Waals surface area contributed by atoms with Crippen molar-refractivity contribution in [3.05, 3.63) is 33.3 Å². The molecule has 1 N–H and O–H groups in total. The Morgan fingerprint density at radius 3 is 2.91 bits per heavy atom. The van der Waals surface area contributed by atoms with E-state index in [1.54, 1.807) is 18.2 Å². The molecule has 1 aromatic carbocycles. The molecule has 1 aromatic rings. The number of carbonyl (C=O) groups is 1. The van der Waals surface area contributed by atoms with Crippen molar-refractivity contribution in [2.45, 2.75) is 44.0 Å². The van der Waals surface area contributed by atoms with E-state index in [1.165, 1.54) is 6.42 Å². The Bertz CT molecular complexity index is 560. The molecular formula is C16H19BrClNO3. The number of rotatable bonds is 3. The maximum atomic E-state index is 12.2. The Labute approximate surface area is 143 Å². The standard InChI is InChI=1S/C16H19BrClNO3/c17-11-4-5-14(18)13(8-11)15(20)19-9-12-10-21-16(22-12)6-2-1-3-7-16/h4-5,8,12H,1-3,6-7,9-10H2,(H,19,20). The summed E-state index contributed by atoms with van der Waals surface area (Å²) in [6, 6.07) is 5.22. The van der Waals surface area contributed by atoms with E-state index >= 15 is 0 Å². The van der Waals surface area contributed by atoms with Crippen LogP contribution in [0.5, 0.6) is 0 Å². The van der Waals surface area contributed by atoms with Gasteiger partial charge in [-0.15, -0.1) is 0 Å². The fourth-order valence-electron chi connectivity index (χ4n) is 3.04. The van der Waals surface area contributed by atoms with Gasteiger partial charge in [-0.1, -0.05) is 34.0 Å². The van der Waals surface area contributed by atoms with Gasteiger partial charge in [0.05, 0.1) is 17.2 Å². The summed E-state index contributed by atoms with van der Waals surface area (Å²) in [5.74, 6) is -0.597. The van der Waals surface area contributed by atoms with Gasteiger partial charge in [-0.3, -0.25) is 4.79 Å². The number of hydrogen-bond acceptors (Lipinski definition) is 3. The average Bonchev–Trinajstić information content (AvgIpc) is 2.91. The van der Waals surface area contributed by atoms with E-state index in [1.807, 2.05) is 0 Å². The molecule has 1 unspecified atom stereocenters. The van der Waals surface area contributed by atoms with Crippen LogP contribution in [0, 0.1) is 0 Å². The average molecular weight is 389 g/mol. The Balaban J connectivity index is 1.54. The van der Waals surface area contributed by atoms with E-state index in [-0.39, 0.29) is 12.0 Å². The van der Waals surface area contributed by atoms with Crippen LogP contribution in [-0.2, 0) is 9.47 Å². The summed E-state index contributed by atoms with van der Waals surface area (Å²) < 4.78 is 12.7. The number of halogens is 2. The van der Waals surface area contributed by atoms with Gasteiger partial charge in [0.15, 0.2) is 5.79 Å². The van der Waals surface area contributed by atoms with Crippen LogP contribution >= 0.6 is 27.5 Å². The maximum Gasteiger partial charge on any atom is 0.252 e. The summed E-state index contributed by atoms with van der Waals surface area (Å²) in [5.41, 5.74) is 0.460. The molecule has 4 nitrogen and oxygen atoms in total. The van der Waals surface area contributed by atoms with Crippen LogP contribution in [0.4, 0.5) is 0 Å². The second-order valence-electron chi connectivity index (χ2n) is 5.86. The minimum absolute atomic E-state index is 0.0898. The van der Waals surface area contributed by atoms with Crippen molar-refractivity contribution in [1.82, 2.24) is 5.32 Å². The van der Waals surface area contributed by atoms with Gasteiger partial charge in [-0.05, 0) is 31.0 Å². The van der Waals surface area contributed by atoms with Gasteiger partial charge in [0.2, 0.25) is 0 Å². The van der Waals surface area contributed by atoms with Crippen molar-refractivity contribution in [2.24, 2.45) is 0 Å². The van der Waals surface area contributed by atoms with Gasteiger partial charge >= 0.3 is 0 Å². The molecule has 1 atom stereocenters. The Kier molecular flexibility index (Phi) is 5.07. The number of amides is 1. The minimum atomic E-state index is -0.402. The van der Waals surface area contributed by atoms with Crippen LogP contribution in [0.25, 0.3) is 0 Å². The molecule has 0 aromatic heterocycles. The first kappa shape index (κ1) is 16.2. The molecule has 2 fully saturated rings. The van der Waals surface area contributed by atoms with Crippen molar-refractivity contribution >= 4 is 33.4 Å². The van der Waals surface area contributed by atoms with Gasteiger partial charge < -0.3 is 14.8 Å². The first-order valence-corrected chi connectivity index (χ1v) is 8.80. The zero-order valence-corrected chi connectivity index (χ0v) is 14.6. The van der Waals surface area contributed by atoms with Crippen molar-refractivity contribution in [2.75, 3.05) is 13.2 Å². The molecule has 0 radical (unpaired) electrons. The predicted molar refractivity (Wildman–Crippen MR) is 88.1 cm³/mol. The molecule has 1 heterocycles. The minimum Gasteiger partial charge on any atom is -0.349 e. The van der Waals surface area contributed by atoms with Crippen molar-refractivity contribution in [3.8, 4) is 0 Å². The van der Waals surface area contributed by atoms with E-state index in [0.29, 0.717) is 23.7 Å². The maximum absolute atomic E-state index is 12.2. The van der Waals surface area contributed by atoms with Crippen molar-refractivity contribution < 1.29 is 14.3 Å². The van der Waals surface area contributed by atoms with Crippen LogP contribution in [0.2, 0.25) is 5.02 Å². The SMILES string of the molecule is O=C(NCC1COC2(CCCCC2)O1)c1cc(Br)ccc1Cl. The number of carbonyl (C=O) groups excluding carboxylic acids is 1. The van der Waals surface area contributed by atoms with Crippen LogP contribution in [0.15, 0.2) is 22.7 Å². The summed E-state index contributed by atoms with van der Waals surface area (Å²) >= 11 is 9.41. The van der Waals surface area contributed by atoms with Crippen molar-refractivity contribution in [1.29, 1.82) is 0 Å². The molecule has 22 heavy (non-hydrogen) atoms. The molecule has 1 aliphatic carbocycles. The van der Waals surface area contributed by atoms with Crippen LogP contribution in [-0.4, -0.2) is 30.9 Å². The molecule has 1 saturated heterocycles. The quantitative estimate of drug-likeness (QED) is 0.854. The molecule has 1 amide bonds. The van der Waals surface area contributed by atoms with Gasteiger partial charge in [0, 0.05) is 23.9 Å². The zero-order valence-electron chi connectivity index (χ0n) is 12.2. The monoisotopic (exact) mass is 387 g/mol. The van der Waals surface area contributed by atoms with Gasteiger partial charge in [-0.25, -0.2) is 0 Å². The number of benzene rings is 1. The molecule has 2 aliphatic rings. The number of hydrogen-bond donors (Lipinski definition) is 1. The van der Waals surface area contributed by atoms with Crippen molar-refractivity contribution in [3.63, 3.8) is 0 Å². The third kappa shape index (κ3) is 3.65. The summed E-state index contributed by atoms with van der Waals surface area (Å²) in [7, 11) is 0. The summed E-state index contributed by atoms with van der Waals surface area (Å²) in [6.07, 6.45) is 5.36. The topological polar surface area (TPSA) is 47.6 Å². The lowest BCUT2D eigenvalue weighted by atomic mass is 9.94. The lowest BCUT2D eigenvalue weighted by Crippen LogP contribution is -2.37. The van der Waals surface area contributed by atoms with Crippen LogP contribution < -0.4 is 5.32 Å². The highest BCUT2D eigenvalue weighted by atomic mass is 79.9. The van der Waals surface area contributed by atoms with E-state index < -0.39 is 5.79 Å². The summed E-state index contributed by atoms with van der Waals surface area (Å²) in [4.78, 5) is 12.2. The number of nitrogens with one attached hydrogen (secondary N) is 1. The molecule has 6 heteroatoms. The first-order valence-electron chi connectivity index (χ1n) is 7.63. The number of ether oxygens (including phenoxy) is 2. The second-order valence-corrected chi connectivity index (χ2v) is 7.18. The molecule has 120 valence electrons. The normalized spacial score (nSPS) is 23.6. The lowest BCUT2D eigenvalue weighted by Gasteiger charge is -2.31. The first-order chi connectivity index (χ1) is 10.6.